The maximum Gasteiger partial charge on any atom is 0.325 e. The molecule has 154 valence electrons. The minimum absolute atomic E-state index is 0.279. The molecule has 0 spiro atoms. The quantitative estimate of drug-likeness (QED) is 0.480. The van der Waals surface area contributed by atoms with E-state index in [4.69, 9.17) is 0 Å². The molecule has 2 N–H and O–H groups in total. The lowest BCUT2D eigenvalue weighted by Gasteiger charge is -2.25. The fraction of sp³-hybridized carbons (Fsp3) is 0.261. The Morgan fingerprint density at radius 2 is 1.83 bits per heavy atom. The third-order valence-corrected chi connectivity index (χ3v) is 5.83. The Hall–Kier alpha value is -3.48. The molecule has 3 amide bonds. The molecule has 0 saturated carbocycles. The van der Waals surface area contributed by atoms with Gasteiger partial charge in [-0.05, 0) is 36.1 Å². The van der Waals surface area contributed by atoms with Gasteiger partial charge in [0.05, 0.1) is 6.54 Å². The number of fused-ring (bicyclic) bond motifs is 1. The molecule has 6 nitrogen and oxygen atoms in total. The van der Waals surface area contributed by atoms with Gasteiger partial charge in [0.25, 0.3) is 5.91 Å². The molecule has 0 radical (unpaired) electrons. The summed E-state index contributed by atoms with van der Waals surface area (Å²) in [5, 5.41) is 3.48. The van der Waals surface area contributed by atoms with Crippen molar-refractivity contribution in [3.8, 4) is 0 Å². The van der Waals surface area contributed by atoms with Crippen molar-refractivity contribution in [2.75, 3.05) is 6.54 Å². The van der Waals surface area contributed by atoms with Gasteiger partial charge < -0.3 is 10.3 Å². The highest BCUT2D eigenvalue weighted by atomic mass is 19.1. The summed E-state index contributed by atoms with van der Waals surface area (Å²) < 4.78 is 13.3. The number of amides is 3. The number of benzene rings is 2. The lowest BCUT2D eigenvalue weighted by molar-refractivity contribution is -0.131. The van der Waals surface area contributed by atoms with Crippen molar-refractivity contribution in [3.63, 3.8) is 0 Å². The summed E-state index contributed by atoms with van der Waals surface area (Å²) in [6, 6.07) is 10.5. The minimum atomic E-state index is -1.30. The summed E-state index contributed by atoms with van der Waals surface area (Å²) in [6.07, 6.45) is 2.72. The summed E-state index contributed by atoms with van der Waals surface area (Å²) in [4.78, 5) is 42.9. The molecule has 0 bridgehead atoms. The van der Waals surface area contributed by atoms with Gasteiger partial charge in [-0.2, -0.15) is 0 Å². The fourth-order valence-electron chi connectivity index (χ4n) is 4.11. The van der Waals surface area contributed by atoms with Crippen LogP contribution in [0.2, 0.25) is 0 Å². The fourth-order valence-corrected chi connectivity index (χ4v) is 4.11. The van der Waals surface area contributed by atoms with E-state index >= 15 is 0 Å². The zero-order valence-electron chi connectivity index (χ0n) is 16.8. The van der Waals surface area contributed by atoms with E-state index in [1.54, 1.807) is 13.1 Å². The summed E-state index contributed by atoms with van der Waals surface area (Å²) >= 11 is 0. The molecule has 4 rings (SSSR count). The number of Topliss-reactive ketones (excluding diaryl/α,β-unsaturated/α-hetero) is 1. The van der Waals surface area contributed by atoms with E-state index in [0.29, 0.717) is 11.1 Å². The molecule has 2 heterocycles. The molecule has 1 saturated heterocycles. The van der Waals surface area contributed by atoms with E-state index in [1.807, 2.05) is 25.1 Å². The highest BCUT2D eigenvalue weighted by molar-refractivity contribution is 6.14. The van der Waals surface area contributed by atoms with Crippen LogP contribution in [0.4, 0.5) is 9.18 Å². The third-order valence-electron chi connectivity index (χ3n) is 5.83. The standard InChI is InChI=1S/C23H22FN3O3/c1-3-14-6-5-7-17-18(12-25-20(14)17)19(28)13-27-21(29)23(4-2,26-22(27)30)15-8-10-16(24)11-9-15/h5-12,25H,3-4,13H2,1-2H3,(H,26,30)/t23-/m1/s1. The number of carbonyl (C=O) groups is 3. The van der Waals surface area contributed by atoms with Crippen molar-refractivity contribution in [2.24, 2.45) is 0 Å². The lowest BCUT2D eigenvalue weighted by atomic mass is 9.87. The SMILES string of the molecule is CCc1cccc2c(C(=O)CN3C(=O)N[C@](CC)(c4ccc(F)cc4)C3=O)c[nH]c12. The predicted octanol–water partition coefficient (Wildman–Crippen LogP) is 3.91. The first kappa shape index (κ1) is 19.8. The van der Waals surface area contributed by atoms with E-state index < -0.39 is 23.3 Å². The molecule has 3 aromatic rings. The minimum Gasteiger partial charge on any atom is -0.360 e. The Morgan fingerprint density at radius 1 is 1.10 bits per heavy atom. The number of halogens is 1. The molecular weight excluding hydrogens is 385 g/mol. The second-order valence-electron chi connectivity index (χ2n) is 7.41. The van der Waals surface area contributed by atoms with Gasteiger partial charge in [-0.1, -0.05) is 44.2 Å². The number of urea groups is 1. The zero-order valence-corrected chi connectivity index (χ0v) is 16.8. The van der Waals surface area contributed by atoms with Crippen LogP contribution in [-0.2, 0) is 16.8 Å². The Morgan fingerprint density at radius 3 is 2.50 bits per heavy atom. The number of rotatable bonds is 6. The zero-order chi connectivity index (χ0) is 21.5. The summed E-state index contributed by atoms with van der Waals surface area (Å²) in [5.74, 6) is -1.27. The molecule has 2 aromatic carbocycles. The van der Waals surface area contributed by atoms with Crippen LogP contribution in [-0.4, -0.2) is 34.2 Å². The van der Waals surface area contributed by atoms with Gasteiger partial charge in [0.15, 0.2) is 5.78 Å². The Labute approximate surface area is 173 Å². The van der Waals surface area contributed by atoms with Crippen LogP contribution < -0.4 is 5.32 Å². The second kappa shape index (κ2) is 7.40. The van der Waals surface area contributed by atoms with Crippen LogP contribution in [0.3, 0.4) is 0 Å². The monoisotopic (exact) mass is 407 g/mol. The van der Waals surface area contributed by atoms with Crippen molar-refractivity contribution in [3.05, 3.63) is 71.2 Å². The number of H-pyrrole nitrogens is 1. The Kier molecular flexibility index (Phi) is 4.89. The van der Waals surface area contributed by atoms with Gasteiger partial charge in [0.1, 0.15) is 11.4 Å². The molecular formula is C23H22FN3O3. The average molecular weight is 407 g/mol. The van der Waals surface area contributed by atoms with Crippen LogP contribution in [0.15, 0.2) is 48.7 Å². The number of aromatic amines is 1. The number of para-hydroxylation sites is 1. The molecule has 0 unspecified atom stereocenters. The molecule has 0 aliphatic carbocycles. The van der Waals surface area contributed by atoms with Crippen LogP contribution in [0.1, 0.15) is 41.8 Å². The first-order chi connectivity index (χ1) is 14.4. The smallest absolute Gasteiger partial charge is 0.325 e. The van der Waals surface area contributed by atoms with Crippen molar-refractivity contribution in [1.29, 1.82) is 0 Å². The average Bonchev–Trinajstić information content (AvgIpc) is 3.29. The normalized spacial score (nSPS) is 18.8. The number of nitrogens with one attached hydrogen (secondary N) is 2. The topological polar surface area (TPSA) is 82.3 Å². The number of ketones is 1. The van der Waals surface area contributed by atoms with Gasteiger partial charge in [0.2, 0.25) is 0 Å². The highest BCUT2D eigenvalue weighted by Gasteiger charge is 2.51. The molecule has 1 aromatic heterocycles. The van der Waals surface area contributed by atoms with Crippen molar-refractivity contribution in [2.45, 2.75) is 32.2 Å². The predicted molar refractivity (Wildman–Crippen MR) is 111 cm³/mol. The van der Waals surface area contributed by atoms with Gasteiger partial charge in [0, 0.05) is 22.7 Å². The maximum absolute atomic E-state index is 13.3. The summed E-state index contributed by atoms with van der Waals surface area (Å²) in [5.41, 5.74) is 1.59. The van der Waals surface area contributed by atoms with E-state index in [0.717, 1.165) is 27.8 Å². The first-order valence-corrected chi connectivity index (χ1v) is 9.93. The molecule has 1 atom stereocenters. The van der Waals surface area contributed by atoms with Crippen LogP contribution >= 0.6 is 0 Å². The maximum atomic E-state index is 13.3. The van der Waals surface area contributed by atoms with Crippen LogP contribution in [0.25, 0.3) is 10.9 Å². The van der Waals surface area contributed by atoms with Gasteiger partial charge >= 0.3 is 6.03 Å². The van der Waals surface area contributed by atoms with Crippen LogP contribution in [0, 0.1) is 5.82 Å². The number of carbonyl (C=O) groups excluding carboxylic acids is 3. The summed E-state index contributed by atoms with van der Waals surface area (Å²) in [7, 11) is 0. The van der Waals surface area contributed by atoms with Crippen molar-refractivity contribution in [1.82, 2.24) is 15.2 Å². The molecule has 30 heavy (non-hydrogen) atoms. The number of nitrogens with zero attached hydrogens (tertiary/aromatic N) is 1. The van der Waals surface area contributed by atoms with Crippen LogP contribution in [0.5, 0.6) is 0 Å². The third kappa shape index (κ3) is 2.98. The first-order valence-electron chi connectivity index (χ1n) is 9.93. The van der Waals surface area contributed by atoms with Gasteiger partial charge in [-0.25, -0.2) is 9.18 Å². The van der Waals surface area contributed by atoms with Crippen molar-refractivity contribution < 1.29 is 18.8 Å². The lowest BCUT2D eigenvalue weighted by Crippen LogP contribution is -2.43. The molecule has 1 aliphatic heterocycles. The summed E-state index contributed by atoms with van der Waals surface area (Å²) in [6.45, 7) is 3.43. The van der Waals surface area contributed by atoms with E-state index in [-0.39, 0.29) is 18.7 Å². The number of hydrogen-bond donors (Lipinski definition) is 2. The van der Waals surface area contributed by atoms with E-state index in [2.05, 4.69) is 10.3 Å². The molecule has 7 heteroatoms. The van der Waals surface area contributed by atoms with E-state index in [9.17, 15) is 18.8 Å². The second-order valence-corrected chi connectivity index (χ2v) is 7.41. The highest BCUT2D eigenvalue weighted by Crippen LogP contribution is 2.33. The Balaban J connectivity index is 1.64. The Bertz CT molecular complexity index is 1150. The largest absolute Gasteiger partial charge is 0.360 e. The number of aryl methyl sites for hydroxylation is 1. The molecule has 1 fully saturated rings. The van der Waals surface area contributed by atoms with Gasteiger partial charge in [-0.3, -0.25) is 14.5 Å². The van der Waals surface area contributed by atoms with E-state index in [1.165, 1.54) is 24.3 Å². The number of imide groups is 1. The van der Waals surface area contributed by atoms with Gasteiger partial charge in [-0.15, -0.1) is 0 Å². The number of hydrogen-bond acceptors (Lipinski definition) is 3. The molecule has 1 aliphatic rings. The number of aromatic nitrogens is 1. The van der Waals surface area contributed by atoms with Crippen molar-refractivity contribution >= 4 is 28.6 Å².